The molecule has 2 nitrogen and oxygen atoms in total. The molecule has 0 fully saturated rings. The number of hydrogen-bond donors (Lipinski definition) is 1. The molecule has 0 saturated heterocycles. The molecular weight excluding hydrogens is 218 g/mol. The van der Waals surface area contributed by atoms with Crippen LogP contribution in [-0.4, -0.2) is 9.67 Å². The predicted molar refractivity (Wildman–Crippen MR) is 66.3 cm³/mol. The van der Waals surface area contributed by atoms with E-state index >= 15 is 0 Å². The van der Waals surface area contributed by atoms with E-state index in [1.165, 1.54) is 17.1 Å². The van der Waals surface area contributed by atoms with Gasteiger partial charge >= 0.3 is 0 Å². The molecular formula is C13H15NOS. The molecule has 1 atom stereocenters. The van der Waals surface area contributed by atoms with Crippen molar-refractivity contribution in [3.05, 3.63) is 39.8 Å². The van der Waals surface area contributed by atoms with Crippen LogP contribution in [0.2, 0.25) is 0 Å². The molecule has 0 spiro atoms. The van der Waals surface area contributed by atoms with Crippen LogP contribution in [0.3, 0.4) is 0 Å². The number of aromatic nitrogens is 1. The predicted octanol–water partition coefficient (Wildman–Crippen LogP) is 3.22. The maximum Gasteiger partial charge on any atom is 0.0807 e. The summed E-state index contributed by atoms with van der Waals surface area (Å²) in [6.45, 7) is 2.11. The maximum atomic E-state index is 9.99. The number of nitrogens with zero attached hydrogens (tertiary/aromatic N) is 1. The van der Waals surface area contributed by atoms with Crippen LogP contribution in [0.5, 0.6) is 0 Å². The Morgan fingerprint density at radius 3 is 3.12 bits per heavy atom. The van der Waals surface area contributed by atoms with Gasteiger partial charge in [-0.2, -0.15) is 11.3 Å². The van der Waals surface area contributed by atoms with E-state index in [-0.39, 0.29) is 6.10 Å². The summed E-state index contributed by atoms with van der Waals surface area (Å²) in [6, 6.07) is 4.27. The quantitative estimate of drug-likeness (QED) is 0.804. The zero-order chi connectivity index (χ0) is 11.1. The van der Waals surface area contributed by atoms with Crippen LogP contribution >= 0.6 is 11.3 Å². The molecule has 84 valence electrons. The summed E-state index contributed by atoms with van der Waals surface area (Å²) in [6.07, 6.45) is 2.81. The van der Waals surface area contributed by atoms with Crippen LogP contribution in [-0.2, 0) is 6.42 Å². The van der Waals surface area contributed by atoms with E-state index in [9.17, 15) is 5.11 Å². The van der Waals surface area contributed by atoms with Gasteiger partial charge in [0.25, 0.3) is 0 Å². The highest BCUT2D eigenvalue weighted by Crippen LogP contribution is 2.34. The highest BCUT2D eigenvalue weighted by Gasteiger charge is 2.23. The normalized spacial score (nSPS) is 19.8. The molecule has 1 aliphatic rings. The van der Waals surface area contributed by atoms with Gasteiger partial charge in [0.15, 0.2) is 0 Å². The smallest absolute Gasteiger partial charge is 0.0807 e. The Kier molecular flexibility index (Phi) is 2.37. The van der Waals surface area contributed by atoms with Crippen molar-refractivity contribution in [2.24, 2.45) is 0 Å². The molecule has 0 bridgehead atoms. The van der Waals surface area contributed by atoms with Gasteiger partial charge in [-0.3, -0.25) is 0 Å². The third-order valence-corrected chi connectivity index (χ3v) is 4.01. The lowest BCUT2D eigenvalue weighted by molar-refractivity contribution is 0.156. The molecule has 1 unspecified atom stereocenters. The Balaban J connectivity index is 2.19. The zero-order valence-electron chi connectivity index (χ0n) is 9.31. The molecule has 2 heterocycles. The summed E-state index contributed by atoms with van der Waals surface area (Å²) in [7, 11) is 0. The Hall–Kier alpha value is -1.06. The van der Waals surface area contributed by atoms with Gasteiger partial charge < -0.3 is 9.67 Å². The van der Waals surface area contributed by atoms with Crippen LogP contribution in [0, 0.1) is 6.92 Å². The van der Waals surface area contributed by atoms with E-state index < -0.39 is 0 Å². The molecule has 0 saturated carbocycles. The fourth-order valence-electron chi connectivity index (χ4n) is 2.62. The maximum absolute atomic E-state index is 9.99. The minimum absolute atomic E-state index is 0.262. The molecule has 0 aliphatic heterocycles. The fraction of sp³-hybridized carbons (Fsp3) is 0.385. The number of aryl methyl sites for hydroxylation is 1. The molecule has 3 rings (SSSR count). The van der Waals surface area contributed by atoms with Crippen molar-refractivity contribution in [2.75, 3.05) is 0 Å². The van der Waals surface area contributed by atoms with Crippen molar-refractivity contribution in [1.29, 1.82) is 0 Å². The standard InChI is InChI=1S/C13H15NOS/c1-9-7-11-12(3-2-4-13(11)15)14(9)10-5-6-16-8-10/h5-8,13,15H,2-4H2,1H3. The average molecular weight is 233 g/mol. The number of fused-ring (bicyclic) bond motifs is 1. The fourth-order valence-corrected chi connectivity index (χ4v) is 3.24. The van der Waals surface area contributed by atoms with E-state index in [0.717, 1.165) is 24.8 Å². The minimum atomic E-state index is -0.262. The lowest BCUT2D eigenvalue weighted by Crippen LogP contribution is -2.11. The summed E-state index contributed by atoms with van der Waals surface area (Å²) in [5.41, 5.74) is 4.90. The second-order valence-corrected chi connectivity index (χ2v) is 5.19. The molecule has 2 aromatic rings. The Morgan fingerprint density at radius 1 is 1.50 bits per heavy atom. The van der Waals surface area contributed by atoms with Gasteiger partial charge in [0.05, 0.1) is 11.8 Å². The second-order valence-electron chi connectivity index (χ2n) is 4.41. The Morgan fingerprint density at radius 2 is 2.38 bits per heavy atom. The van der Waals surface area contributed by atoms with Crippen LogP contribution in [0.25, 0.3) is 5.69 Å². The number of thiophene rings is 1. The van der Waals surface area contributed by atoms with Gasteiger partial charge in [-0.1, -0.05) is 0 Å². The van der Waals surface area contributed by atoms with Crippen molar-refractivity contribution in [2.45, 2.75) is 32.3 Å². The van der Waals surface area contributed by atoms with Gasteiger partial charge in [-0.05, 0) is 43.7 Å². The van der Waals surface area contributed by atoms with Gasteiger partial charge in [0.2, 0.25) is 0 Å². The van der Waals surface area contributed by atoms with Crippen molar-refractivity contribution < 1.29 is 5.11 Å². The molecule has 2 aromatic heterocycles. The van der Waals surface area contributed by atoms with Crippen molar-refractivity contribution >= 4 is 11.3 Å². The van der Waals surface area contributed by atoms with Gasteiger partial charge in [0.1, 0.15) is 0 Å². The first-order chi connectivity index (χ1) is 7.77. The van der Waals surface area contributed by atoms with E-state index in [4.69, 9.17) is 0 Å². The molecule has 3 heteroatoms. The highest BCUT2D eigenvalue weighted by atomic mass is 32.1. The third-order valence-electron chi connectivity index (χ3n) is 3.33. The van der Waals surface area contributed by atoms with Crippen molar-refractivity contribution in [1.82, 2.24) is 4.57 Å². The Labute approximate surface area is 99.2 Å². The summed E-state index contributed by atoms with van der Waals surface area (Å²) in [5, 5.41) is 14.2. The van der Waals surface area contributed by atoms with Crippen molar-refractivity contribution in [3.8, 4) is 5.69 Å². The summed E-state index contributed by atoms with van der Waals surface area (Å²) in [4.78, 5) is 0. The monoisotopic (exact) mass is 233 g/mol. The molecule has 1 N–H and O–H groups in total. The van der Waals surface area contributed by atoms with E-state index in [1.54, 1.807) is 11.3 Å². The number of hydrogen-bond acceptors (Lipinski definition) is 2. The van der Waals surface area contributed by atoms with Crippen LogP contribution in [0.4, 0.5) is 0 Å². The SMILES string of the molecule is Cc1cc2c(n1-c1ccsc1)CCCC2O. The van der Waals surface area contributed by atoms with Crippen LogP contribution in [0.1, 0.15) is 35.9 Å². The second kappa shape index (κ2) is 3.75. The molecule has 16 heavy (non-hydrogen) atoms. The first-order valence-electron chi connectivity index (χ1n) is 5.69. The van der Waals surface area contributed by atoms with E-state index in [2.05, 4.69) is 34.4 Å². The first kappa shape index (κ1) is 10.1. The molecule has 0 radical (unpaired) electrons. The van der Waals surface area contributed by atoms with Crippen LogP contribution < -0.4 is 0 Å². The molecule has 1 aliphatic carbocycles. The van der Waals surface area contributed by atoms with Crippen LogP contribution in [0.15, 0.2) is 22.9 Å². The number of aliphatic hydroxyl groups excluding tert-OH is 1. The minimum Gasteiger partial charge on any atom is -0.388 e. The largest absolute Gasteiger partial charge is 0.388 e. The average Bonchev–Trinajstić information content (AvgIpc) is 2.85. The number of aliphatic hydroxyl groups is 1. The zero-order valence-corrected chi connectivity index (χ0v) is 10.1. The highest BCUT2D eigenvalue weighted by molar-refractivity contribution is 7.08. The lowest BCUT2D eigenvalue weighted by Gasteiger charge is -2.19. The van der Waals surface area contributed by atoms with Gasteiger partial charge in [-0.15, -0.1) is 0 Å². The summed E-state index contributed by atoms with van der Waals surface area (Å²) < 4.78 is 2.29. The first-order valence-corrected chi connectivity index (χ1v) is 6.63. The summed E-state index contributed by atoms with van der Waals surface area (Å²) in [5.74, 6) is 0. The Bertz CT molecular complexity index is 498. The topological polar surface area (TPSA) is 25.2 Å². The van der Waals surface area contributed by atoms with E-state index in [1.807, 2.05) is 0 Å². The third kappa shape index (κ3) is 1.43. The van der Waals surface area contributed by atoms with Gasteiger partial charge in [-0.25, -0.2) is 0 Å². The lowest BCUT2D eigenvalue weighted by atomic mass is 9.95. The van der Waals surface area contributed by atoms with Crippen molar-refractivity contribution in [3.63, 3.8) is 0 Å². The molecule has 0 amide bonds. The molecule has 0 aromatic carbocycles. The van der Waals surface area contributed by atoms with Gasteiger partial charge in [0, 0.05) is 22.3 Å². The van der Waals surface area contributed by atoms with E-state index in [0.29, 0.717) is 0 Å². The summed E-state index contributed by atoms with van der Waals surface area (Å²) >= 11 is 1.71. The number of rotatable bonds is 1.